The van der Waals surface area contributed by atoms with Crippen LogP contribution in [-0.2, 0) is 13.6 Å². The Morgan fingerprint density at radius 2 is 1.74 bits per heavy atom. The Bertz CT molecular complexity index is 1300. The molecule has 0 unspecified atom stereocenters. The van der Waals surface area contributed by atoms with Gasteiger partial charge in [-0.2, -0.15) is 0 Å². The summed E-state index contributed by atoms with van der Waals surface area (Å²) in [5, 5.41) is 5.55. The van der Waals surface area contributed by atoms with Crippen molar-refractivity contribution in [1.82, 2.24) is 14.9 Å². The van der Waals surface area contributed by atoms with Crippen molar-refractivity contribution in [2.24, 2.45) is 7.05 Å². The van der Waals surface area contributed by atoms with Gasteiger partial charge in [0.1, 0.15) is 11.6 Å². The largest absolute Gasteiger partial charge is 0.345 e. The van der Waals surface area contributed by atoms with E-state index >= 15 is 0 Å². The molecule has 0 saturated carbocycles. The second-order valence-electron chi connectivity index (χ2n) is 7.22. The summed E-state index contributed by atoms with van der Waals surface area (Å²) >= 11 is 0. The topological polar surface area (TPSA) is 76.0 Å². The highest BCUT2D eigenvalue weighted by Gasteiger charge is 2.15. The molecule has 1 heterocycles. The monoisotopic (exact) mass is 416 g/mol. The molecule has 0 aliphatic heterocycles. The Morgan fingerprint density at radius 1 is 1.00 bits per heavy atom. The fourth-order valence-corrected chi connectivity index (χ4v) is 3.35. The van der Waals surface area contributed by atoms with Crippen LogP contribution in [0.5, 0.6) is 0 Å². The van der Waals surface area contributed by atoms with Crippen molar-refractivity contribution in [1.29, 1.82) is 0 Å². The third-order valence-electron chi connectivity index (χ3n) is 5.15. The molecule has 0 atom stereocenters. The number of benzene rings is 3. The molecule has 156 valence electrons. The zero-order valence-corrected chi connectivity index (χ0v) is 17.1. The minimum absolute atomic E-state index is 0.0568. The number of anilines is 1. The number of hydrogen-bond donors (Lipinski definition) is 2. The molecular weight excluding hydrogens is 395 g/mol. The van der Waals surface area contributed by atoms with Crippen molar-refractivity contribution in [3.8, 4) is 0 Å². The summed E-state index contributed by atoms with van der Waals surface area (Å²) in [4.78, 5) is 29.7. The van der Waals surface area contributed by atoms with Crippen LogP contribution in [0.1, 0.15) is 32.1 Å². The molecule has 6 nitrogen and oxygen atoms in total. The molecule has 0 aliphatic carbocycles. The van der Waals surface area contributed by atoms with Crippen molar-refractivity contribution in [2.45, 2.75) is 13.5 Å². The standard InChI is InChI=1S/C24H21FN4O2/c1-15-11-12-16(13-20(15)28-24(31)17-7-3-4-8-18(17)25)23(30)26-14-22-27-19-9-5-6-10-21(19)29(22)2/h3-13H,14H2,1-2H3,(H,26,30)(H,28,31). The number of aryl methyl sites for hydroxylation is 2. The average Bonchev–Trinajstić information content (AvgIpc) is 3.09. The van der Waals surface area contributed by atoms with E-state index in [9.17, 15) is 14.0 Å². The van der Waals surface area contributed by atoms with Gasteiger partial charge in [-0.1, -0.05) is 30.3 Å². The van der Waals surface area contributed by atoms with Gasteiger partial charge in [-0.15, -0.1) is 0 Å². The van der Waals surface area contributed by atoms with Crippen molar-refractivity contribution in [2.75, 3.05) is 5.32 Å². The van der Waals surface area contributed by atoms with Crippen LogP contribution in [0.3, 0.4) is 0 Å². The number of fused-ring (bicyclic) bond motifs is 1. The zero-order valence-electron chi connectivity index (χ0n) is 17.1. The van der Waals surface area contributed by atoms with E-state index in [0.717, 1.165) is 22.4 Å². The quantitative estimate of drug-likeness (QED) is 0.512. The number of para-hydroxylation sites is 2. The van der Waals surface area contributed by atoms with E-state index < -0.39 is 11.7 Å². The lowest BCUT2D eigenvalue weighted by Crippen LogP contribution is -2.24. The van der Waals surface area contributed by atoms with Crippen LogP contribution in [0.15, 0.2) is 66.7 Å². The van der Waals surface area contributed by atoms with Crippen molar-refractivity contribution in [3.63, 3.8) is 0 Å². The molecule has 7 heteroatoms. The molecule has 0 saturated heterocycles. The second-order valence-corrected chi connectivity index (χ2v) is 7.22. The molecule has 0 fully saturated rings. The molecule has 4 rings (SSSR count). The first-order valence-electron chi connectivity index (χ1n) is 9.79. The van der Waals surface area contributed by atoms with Crippen molar-refractivity contribution >= 4 is 28.5 Å². The summed E-state index contributed by atoms with van der Waals surface area (Å²) < 4.78 is 15.8. The third-order valence-corrected chi connectivity index (χ3v) is 5.15. The predicted octanol–water partition coefficient (Wildman–Crippen LogP) is 4.20. The highest BCUT2D eigenvalue weighted by molar-refractivity contribution is 6.05. The Kier molecular flexibility index (Phi) is 5.49. The van der Waals surface area contributed by atoms with E-state index in [1.54, 1.807) is 31.2 Å². The van der Waals surface area contributed by atoms with Crippen LogP contribution >= 0.6 is 0 Å². The van der Waals surface area contributed by atoms with Gasteiger partial charge in [0.2, 0.25) is 0 Å². The third kappa shape index (κ3) is 4.16. The molecule has 1 aromatic heterocycles. The van der Waals surface area contributed by atoms with E-state index in [0.29, 0.717) is 11.3 Å². The van der Waals surface area contributed by atoms with Gasteiger partial charge in [0.05, 0.1) is 23.1 Å². The molecule has 0 aliphatic rings. The Morgan fingerprint density at radius 3 is 2.52 bits per heavy atom. The summed E-state index contributed by atoms with van der Waals surface area (Å²) in [7, 11) is 1.90. The second kappa shape index (κ2) is 8.39. The number of imidazole rings is 1. The minimum atomic E-state index is -0.603. The van der Waals surface area contributed by atoms with Crippen LogP contribution in [0.25, 0.3) is 11.0 Å². The summed E-state index contributed by atoms with van der Waals surface area (Å²) in [6.45, 7) is 2.06. The Balaban J connectivity index is 1.49. The van der Waals surface area contributed by atoms with Gasteiger partial charge in [-0.05, 0) is 48.9 Å². The highest BCUT2D eigenvalue weighted by atomic mass is 19.1. The number of carbonyl (C=O) groups is 2. The lowest BCUT2D eigenvalue weighted by atomic mass is 10.1. The normalized spacial score (nSPS) is 10.8. The molecule has 0 spiro atoms. The van der Waals surface area contributed by atoms with Crippen LogP contribution in [0.4, 0.5) is 10.1 Å². The van der Waals surface area contributed by atoms with Gasteiger partial charge >= 0.3 is 0 Å². The van der Waals surface area contributed by atoms with Gasteiger partial charge < -0.3 is 15.2 Å². The number of rotatable bonds is 5. The van der Waals surface area contributed by atoms with Crippen LogP contribution in [-0.4, -0.2) is 21.4 Å². The lowest BCUT2D eigenvalue weighted by molar-refractivity contribution is 0.0948. The maximum absolute atomic E-state index is 13.9. The maximum atomic E-state index is 13.9. The van der Waals surface area contributed by atoms with E-state index in [4.69, 9.17) is 0 Å². The van der Waals surface area contributed by atoms with E-state index in [1.807, 2.05) is 35.9 Å². The fourth-order valence-electron chi connectivity index (χ4n) is 3.35. The van der Waals surface area contributed by atoms with Gasteiger partial charge in [-0.3, -0.25) is 9.59 Å². The van der Waals surface area contributed by atoms with Gasteiger partial charge in [-0.25, -0.2) is 9.37 Å². The summed E-state index contributed by atoms with van der Waals surface area (Å²) in [6, 6.07) is 18.5. The molecule has 2 N–H and O–H groups in total. The summed E-state index contributed by atoms with van der Waals surface area (Å²) in [6.07, 6.45) is 0. The molecule has 2 amide bonds. The van der Waals surface area contributed by atoms with E-state index in [1.165, 1.54) is 18.2 Å². The summed E-state index contributed by atoms with van der Waals surface area (Å²) in [5.41, 5.74) is 3.38. The van der Waals surface area contributed by atoms with Crippen LogP contribution in [0, 0.1) is 12.7 Å². The van der Waals surface area contributed by atoms with Crippen LogP contribution < -0.4 is 10.6 Å². The number of nitrogens with zero attached hydrogens (tertiary/aromatic N) is 2. The molecule has 0 radical (unpaired) electrons. The van der Waals surface area contributed by atoms with Crippen LogP contribution in [0.2, 0.25) is 0 Å². The summed E-state index contributed by atoms with van der Waals surface area (Å²) in [5.74, 6) is -0.740. The predicted molar refractivity (Wildman–Crippen MR) is 117 cm³/mol. The molecular formula is C24H21FN4O2. The average molecular weight is 416 g/mol. The molecule has 31 heavy (non-hydrogen) atoms. The lowest BCUT2D eigenvalue weighted by Gasteiger charge is -2.11. The van der Waals surface area contributed by atoms with Gasteiger partial charge in [0, 0.05) is 18.3 Å². The smallest absolute Gasteiger partial charge is 0.258 e. The van der Waals surface area contributed by atoms with Gasteiger partial charge in [0.25, 0.3) is 11.8 Å². The number of hydrogen-bond acceptors (Lipinski definition) is 3. The van der Waals surface area contributed by atoms with Crippen molar-refractivity contribution < 1.29 is 14.0 Å². The van der Waals surface area contributed by atoms with Gasteiger partial charge in [0.15, 0.2) is 0 Å². The SMILES string of the molecule is Cc1ccc(C(=O)NCc2nc3ccccc3n2C)cc1NC(=O)c1ccccc1F. The maximum Gasteiger partial charge on any atom is 0.258 e. The highest BCUT2D eigenvalue weighted by Crippen LogP contribution is 2.19. The molecule has 4 aromatic rings. The molecule has 3 aromatic carbocycles. The first-order valence-corrected chi connectivity index (χ1v) is 9.79. The number of halogens is 1. The minimum Gasteiger partial charge on any atom is -0.345 e. The van der Waals surface area contributed by atoms with E-state index in [2.05, 4.69) is 15.6 Å². The first kappa shape index (κ1) is 20.3. The number of nitrogens with one attached hydrogen (secondary N) is 2. The Labute approximate surface area is 178 Å². The Hall–Kier alpha value is -4.00. The number of carbonyl (C=O) groups excluding carboxylic acids is 2. The number of aromatic nitrogens is 2. The first-order chi connectivity index (χ1) is 14.9. The number of amides is 2. The fraction of sp³-hybridized carbons (Fsp3) is 0.125. The van der Waals surface area contributed by atoms with E-state index in [-0.39, 0.29) is 18.0 Å². The molecule has 0 bridgehead atoms. The van der Waals surface area contributed by atoms with Crippen molar-refractivity contribution in [3.05, 3.63) is 95.1 Å². The zero-order chi connectivity index (χ0) is 22.0.